The van der Waals surface area contributed by atoms with Crippen molar-refractivity contribution in [3.63, 3.8) is 0 Å². The molecule has 1 aromatic carbocycles. The average molecular weight is 283 g/mol. The van der Waals surface area contributed by atoms with E-state index in [4.69, 9.17) is 15.7 Å². The van der Waals surface area contributed by atoms with Crippen LogP contribution in [-0.4, -0.2) is 47.0 Å². The summed E-state index contributed by atoms with van der Waals surface area (Å²) in [6.07, 6.45) is 0. The van der Waals surface area contributed by atoms with Gasteiger partial charge >= 0.3 is 0 Å². The Morgan fingerprint density at radius 3 is 2.74 bits per heavy atom. The molecule has 0 spiro atoms. The van der Waals surface area contributed by atoms with Crippen molar-refractivity contribution in [2.75, 3.05) is 36.6 Å². The summed E-state index contributed by atoms with van der Waals surface area (Å²) in [5, 5.41) is 11.9. The van der Waals surface area contributed by atoms with Crippen molar-refractivity contribution in [1.29, 1.82) is 0 Å². The van der Waals surface area contributed by atoms with Gasteiger partial charge in [0.25, 0.3) is 0 Å². The number of rotatable bonds is 3. The lowest BCUT2D eigenvalue weighted by atomic mass is 10.1. The average Bonchev–Trinajstić information content (AvgIpc) is 2.46. The van der Waals surface area contributed by atoms with E-state index in [1.165, 1.54) is 0 Å². The van der Waals surface area contributed by atoms with E-state index in [1.54, 1.807) is 19.2 Å². The third-order valence-corrected chi connectivity index (χ3v) is 4.38. The lowest BCUT2D eigenvalue weighted by Crippen LogP contribution is -2.38. The molecule has 1 aliphatic heterocycles. The molecule has 0 saturated carbocycles. The second-order valence-corrected chi connectivity index (χ2v) is 5.90. The zero-order valence-corrected chi connectivity index (χ0v) is 11.5. The second kappa shape index (κ2) is 5.92. The fourth-order valence-corrected chi connectivity index (χ4v) is 3.10. The maximum absolute atomic E-state index is 11.4. The largest absolute Gasteiger partial charge is 0.497 e. The number of methoxy groups -OCH3 is 1. The quantitative estimate of drug-likeness (QED) is 0.362. The van der Waals surface area contributed by atoms with Gasteiger partial charge in [0.05, 0.1) is 12.8 Å². The van der Waals surface area contributed by atoms with Crippen LogP contribution in [0.4, 0.5) is 5.69 Å². The van der Waals surface area contributed by atoms with E-state index >= 15 is 0 Å². The van der Waals surface area contributed by atoms with Gasteiger partial charge in [-0.2, -0.15) is 0 Å². The van der Waals surface area contributed by atoms with Crippen LogP contribution < -0.4 is 15.4 Å². The minimum atomic E-state index is -0.745. The van der Waals surface area contributed by atoms with E-state index in [0.29, 0.717) is 35.9 Å². The second-order valence-electron chi connectivity index (χ2n) is 4.20. The molecule has 3 N–H and O–H groups in total. The molecule has 6 nitrogen and oxygen atoms in total. The molecule has 0 aromatic heterocycles. The van der Waals surface area contributed by atoms with Gasteiger partial charge in [-0.3, -0.25) is 4.21 Å². The predicted octanol–water partition coefficient (Wildman–Crippen LogP) is 0.358. The Morgan fingerprint density at radius 2 is 2.16 bits per heavy atom. The molecule has 19 heavy (non-hydrogen) atoms. The highest BCUT2D eigenvalue weighted by molar-refractivity contribution is 7.85. The number of hydrogen-bond donors (Lipinski definition) is 2. The predicted molar refractivity (Wildman–Crippen MR) is 75.6 cm³/mol. The Labute approximate surface area is 114 Å². The monoisotopic (exact) mass is 283 g/mol. The fourth-order valence-electron chi connectivity index (χ4n) is 2.05. The molecule has 7 heteroatoms. The molecule has 0 aliphatic carbocycles. The molecule has 0 unspecified atom stereocenters. The normalized spacial score (nSPS) is 17.5. The number of anilines is 1. The maximum atomic E-state index is 11.4. The first-order chi connectivity index (χ1) is 9.15. The molecule has 1 saturated heterocycles. The van der Waals surface area contributed by atoms with Crippen molar-refractivity contribution in [2.24, 2.45) is 10.9 Å². The highest BCUT2D eigenvalue weighted by Crippen LogP contribution is 2.27. The lowest BCUT2D eigenvalue weighted by Gasteiger charge is -2.30. The minimum absolute atomic E-state index is 0.0596. The molecular formula is C12H17N3O3S. The standard InChI is InChI=1S/C12H17N3O3S/c1-18-9-2-3-10(12(13)14-16)11(8-9)15-4-6-19(17)7-5-15/h2-3,8,16H,4-7H2,1H3,(H2,13,14). The SMILES string of the molecule is COc1ccc(/C(N)=N/O)c(N2CCS(=O)CC2)c1. The van der Waals surface area contributed by atoms with Crippen LogP contribution in [0.15, 0.2) is 23.4 Å². The van der Waals surface area contributed by atoms with Crippen LogP contribution in [0, 0.1) is 0 Å². The van der Waals surface area contributed by atoms with Crippen molar-refractivity contribution in [1.82, 2.24) is 0 Å². The van der Waals surface area contributed by atoms with Gasteiger partial charge in [0.1, 0.15) is 5.75 Å². The molecule has 0 amide bonds. The van der Waals surface area contributed by atoms with Gasteiger partial charge in [0.2, 0.25) is 0 Å². The van der Waals surface area contributed by atoms with Crippen molar-refractivity contribution < 1.29 is 14.2 Å². The fraction of sp³-hybridized carbons (Fsp3) is 0.417. The van der Waals surface area contributed by atoms with E-state index in [2.05, 4.69) is 10.1 Å². The van der Waals surface area contributed by atoms with Crippen LogP contribution in [-0.2, 0) is 10.8 Å². The Bertz CT molecular complexity index is 509. The zero-order chi connectivity index (χ0) is 13.8. The van der Waals surface area contributed by atoms with Crippen LogP contribution >= 0.6 is 0 Å². The summed E-state index contributed by atoms with van der Waals surface area (Å²) >= 11 is 0. The summed E-state index contributed by atoms with van der Waals surface area (Å²) in [6.45, 7) is 1.37. The van der Waals surface area contributed by atoms with E-state index in [0.717, 1.165) is 5.69 Å². The van der Waals surface area contributed by atoms with Gasteiger partial charge in [0.15, 0.2) is 5.84 Å². The summed E-state index contributed by atoms with van der Waals surface area (Å²) in [5.41, 5.74) is 7.18. The van der Waals surface area contributed by atoms with Crippen LogP contribution in [0.25, 0.3) is 0 Å². The van der Waals surface area contributed by atoms with Crippen LogP contribution in [0.1, 0.15) is 5.56 Å². The molecule has 0 atom stereocenters. The summed E-state index contributed by atoms with van der Waals surface area (Å²) < 4.78 is 16.6. The number of nitrogens with zero attached hydrogens (tertiary/aromatic N) is 2. The van der Waals surface area contributed by atoms with E-state index in [-0.39, 0.29) is 5.84 Å². The number of ether oxygens (including phenoxy) is 1. The Kier molecular flexibility index (Phi) is 4.26. The number of amidine groups is 1. The molecule has 2 rings (SSSR count). The summed E-state index contributed by atoms with van der Waals surface area (Å²) in [6, 6.07) is 5.37. The molecule has 0 bridgehead atoms. The van der Waals surface area contributed by atoms with Gasteiger partial charge in [-0.15, -0.1) is 0 Å². The smallest absolute Gasteiger partial charge is 0.172 e. The molecule has 1 aliphatic rings. The van der Waals surface area contributed by atoms with Crippen molar-refractivity contribution >= 4 is 22.3 Å². The third kappa shape index (κ3) is 2.98. The van der Waals surface area contributed by atoms with Crippen molar-refractivity contribution in [3.05, 3.63) is 23.8 Å². The number of hydrogen-bond acceptors (Lipinski definition) is 5. The molecule has 1 heterocycles. The Morgan fingerprint density at radius 1 is 1.47 bits per heavy atom. The van der Waals surface area contributed by atoms with Gasteiger partial charge in [0, 0.05) is 47.0 Å². The van der Waals surface area contributed by atoms with E-state index < -0.39 is 10.8 Å². The number of benzene rings is 1. The molecule has 1 aromatic rings. The van der Waals surface area contributed by atoms with Crippen LogP contribution in [0.2, 0.25) is 0 Å². The zero-order valence-electron chi connectivity index (χ0n) is 10.7. The Hall–Kier alpha value is -1.76. The summed E-state index contributed by atoms with van der Waals surface area (Å²) in [4.78, 5) is 2.08. The van der Waals surface area contributed by atoms with Gasteiger partial charge in [-0.25, -0.2) is 0 Å². The highest BCUT2D eigenvalue weighted by Gasteiger charge is 2.20. The van der Waals surface area contributed by atoms with E-state index in [9.17, 15) is 4.21 Å². The highest BCUT2D eigenvalue weighted by atomic mass is 32.2. The number of oxime groups is 1. The first-order valence-electron chi connectivity index (χ1n) is 5.91. The first kappa shape index (κ1) is 13.7. The lowest BCUT2D eigenvalue weighted by molar-refractivity contribution is 0.318. The first-order valence-corrected chi connectivity index (χ1v) is 7.40. The van der Waals surface area contributed by atoms with Crippen LogP contribution in [0.5, 0.6) is 5.75 Å². The minimum Gasteiger partial charge on any atom is -0.497 e. The number of nitrogens with two attached hydrogens (primary N) is 1. The summed E-state index contributed by atoms with van der Waals surface area (Å²) in [5.74, 6) is 2.03. The Balaban J connectivity index is 2.37. The van der Waals surface area contributed by atoms with Crippen molar-refractivity contribution in [3.8, 4) is 5.75 Å². The molecule has 0 radical (unpaired) electrons. The van der Waals surface area contributed by atoms with Gasteiger partial charge in [-0.1, -0.05) is 5.16 Å². The van der Waals surface area contributed by atoms with Gasteiger partial charge < -0.3 is 20.6 Å². The van der Waals surface area contributed by atoms with E-state index in [1.807, 2.05) is 6.07 Å². The maximum Gasteiger partial charge on any atom is 0.172 e. The van der Waals surface area contributed by atoms with Crippen molar-refractivity contribution in [2.45, 2.75) is 0 Å². The van der Waals surface area contributed by atoms with Gasteiger partial charge in [-0.05, 0) is 12.1 Å². The van der Waals surface area contributed by atoms with Crippen LogP contribution in [0.3, 0.4) is 0 Å². The molecular weight excluding hydrogens is 266 g/mol. The summed E-state index contributed by atoms with van der Waals surface area (Å²) in [7, 11) is 0.846. The third-order valence-electron chi connectivity index (χ3n) is 3.11. The topological polar surface area (TPSA) is 88.2 Å². The molecule has 1 fully saturated rings. The molecule has 104 valence electrons.